The summed E-state index contributed by atoms with van der Waals surface area (Å²) in [6.45, 7) is 11.3. The Morgan fingerprint density at radius 1 is 1.24 bits per heavy atom. The van der Waals surface area contributed by atoms with Crippen molar-refractivity contribution in [2.75, 3.05) is 18.2 Å². The molecule has 3 heterocycles. The molecule has 2 aromatic heterocycles. The molecule has 6 nitrogen and oxygen atoms in total. The molecule has 1 aliphatic heterocycles. The molecule has 1 fully saturated rings. The van der Waals surface area contributed by atoms with Crippen LogP contribution in [-0.4, -0.2) is 42.8 Å². The van der Waals surface area contributed by atoms with E-state index in [0.29, 0.717) is 25.0 Å². The monoisotopic (exact) mass is 414 g/mol. The quantitative estimate of drug-likeness (QED) is 0.561. The Morgan fingerprint density at radius 3 is 2.72 bits per heavy atom. The van der Waals surface area contributed by atoms with Gasteiger partial charge < -0.3 is 19.5 Å². The van der Waals surface area contributed by atoms with Crippen LogP contribution in [0.25, 0.3) is 11.0 Å². The highest BCUT2D eigenvalue weighted by atomic mass is 28.3. The van der Waals surface area contributed by atoms with Crippen molar-refractivity contribution >= 4 is 30.7 Å². The van der Waals surface area contributed by atoms with Crippen LogP contribution < -0.4 is 10.2 Å². The van der Waals surface area contributed by atoms with Crippen LogP contribution in [-0.2, 0) is 11.5 Å². The number of carbonyl (C=O) groups excluding carboxylic acids is 1. The topological polar surface area (TPSA) is 59.4 Å². The second-order valence-electron chi connectivity index (χ2n) is 9.94. The lowest BCUT2D eigenvalue weighted by atomic mass is 9.86. The van der Waals surface area contributed by atoms with E-state index >= 15 is 0 Å². The van der Waals surface area contributed by atoms with Crippen LogP contribution >= 0.6 is 0 Å². The molecule has 4 rings (SSSR count). The number of anilines is 1. The Balaban J connectivity index is 1.59. The highest BCUT2D eigenvalue weighted by molar-refractivity contribution is 6.76. The van der Waals surface area contributed by atoms with E-state index in [2.05, 4.69) is 52.4 Å². The summed E-state index contributed by atoms with van der Waals surface area (Å²) < 4.78 is 8.01. The van der Waals surface area contributed by atoms with Gasteiger partial charge >= 0.3 is 0 Å². The molecule has 1 aliphatic carbocycles. The third kappa shape index (κ3) is 4.35. The van der Waals surface area contributed by atoms with Crippen LogP contribution in [0.1, 0.15) is 43.0 Å². The molecule has 1 saturated carbocycles. The highest BCUT2D eigenvalue weighted by Crippen LogP contribution is 2.37. The number of rotatable bonds is 6. The summed E-state index contributed by atoms with van der Waals surface area (Å²) in [7, 11) is -1.09. The normalized spacial score (nSPS) is 22.6. The van der Waals surface area contributed by atoms with E-state index in [4.69, 9.17) is 4.74 Å². The van der Waals surface area contributed by atoms with Crippen LogP contribution in [0.5, 0.6) is 0 Å². The van der Waals surface area contributed by atoms with Gasteiger partial charge in [0.15, 0.2) is 0 Å². The zero-order chi connectivity index (χ0) is 20.6. The van der Waals surface area contributed by atoms with Gasteiger partial charge in [0.25, 0.3) is 5.91 Å². The van der Waals surface area contributed by atoms with Crippen molar-refractivity contribution in [1.29, 1.82) is 0 Å². The first-order chi connectivity index (χ1) is 13.8. The van der Waals surface area contributed by atoms with Gasteiger partial charge in [0, 0.05) is 38.5 Å². The van der Waals surface area contributed by atoms with Crippen molar-refractivity contribution in [3.05, 3.63) is 24.0 Å². The zero-order valence-electron chi connectivity index (χ0n) is 18.2. The van der Waals surface area contributed by atoms with E-state index in [0.717, 1.165) is 35.3 Å². The number of aromatic nitrogens is 2. The summed E-state index contributed by atoms with van der Waals surface area (Å²) in [5.41, 5.74) is 2.65. The van der Waals surface area contributed by atoms with E-state index < -0.39 is 8.07 Å². The van der Waals surface area contributed by atoms with Crippen molar-refractivity contribution in [2.24, 2.45) is 5.92 Å². The van der Waals surface area contributed by atoms with Gasteiger partial charge in [-0.1, -0.05) is 26.6 Å². The first-order valence-electron chi connectivity index (χ1n) is 10.9. The van der Waals surface area contributed by atoms with Crippen LogP contribution in [0.15, 0.2) is 18.5 Å². The van der Waals surface area contributed by atoms with Crippen LogP contribution in [0, 0.1) is 5.92 Å². The van der Waals surface area contributed by atoms with Gasteiger partial charge in [0.05, 0.1) is 17.9 Å². The molecule has 0 radical (unpaired) electrons. The van der Waals surface area contributed by atoms with Gasteiger partial charge in [-0.15, -0.1) is 0 Å². The van der Waals surface area contributed by atoms with Gasteiger partial charge in [-0.05, 0) is 43.7 Å². The Labute approximate surface area is 174 Å². The average Bonchev–Trinajstić information content (AvgIpc) is 3.09. The molecule has 0 aromatic carbocycles. The average molecular weight is 415 g/mol. The number of hydrogen-bond acceptors (Lipinski definition) is 4. The minimum absolute atomic E-state index is 0.0195. The molecule has 2 aromatic rings. The highest BCUT2D eigenvalue weighted by Gasteiger charge is 2.32. The molecule has 7 heteroatoms. The number of ether oxygens (including phenoxy) is 1. The van der Waals surface area contributed by atoms with Crippen molar-refractivity contribution in [3.8, 4) is 0 Å². The maximum absolute atomic E-state index is 12.5. The minimum Gasteiger partial charge on any atom is -0.361 e. The van der Waals surface area contributed by atoms with Gasteiger partial charge in [-0.2, -0.15) is 0 Å². The number of fused-ring (bicyclic) bond motifs is 3. The smallest absolute Gasteiger partial charge is 0.256 e. The second kappa shape index (κ2) is 8.11. The summed E-state index contributed by atoms with van der Waals surface area (Å²) in [6, 6.07) is 3.73. The predicted octanol–water partition coefficient (Wildman–Crippen LogP) is 4.43. The summed E-state index contributed by atoms with van der Waals surface area (Å²) >= 11 is 0. The number of pyridine rings is 1. The van der Waals surface area contributed by atoms with E-state index in [1.807, 2.05) is 6.20 Å². The fraction of sp³-hybridized carbons (Fsp3) is 0.636. The lowest BCUT2D eigenvalue weighted by molar-refractivity contribution is 0.0899. The summed E-state index contributed by atoms with van der Waals surface area (Å²) in [5.74, 6) is 0.783. The molecule has 0 atom stereocenters. The first kappa shape index (κ1) is 20.4. The van der Waals surface area contributed by atoms with E-state index in [1.165, 1.54) is 25.7 Å². The standard InChI is InChI=1S/C22H34N4O2Si/c1-16-5-7-17(8-6-16)26-14-24-22(27)19-13-23-21-18(20(19)26)9-10-25(21)15-28-11-12-29(2,3)4/h9-10,13,16-17H,5-8,11-12,14-15H2,1-4H3,(H,24,27). The molecule has 0 saturated heterocycles. The third-order valence-corrected chi connectivity index (χ3v) is 8.06. The van der Waals surface area contributed by atoms with Gasteiger partial charge in [-0.25, -0.2) is 4.98 Å². The fourth-order valence-corrected chi connectivity index (χ4v) is 5.20. The van der Waals surface area contributed by atoms with E-state index in [1.54, 1.807) is 6.20 Å². The Bertz CT molecular complexity index is 881. The molecule has 29 heavy (non-hydrogen) atoms. The van der Waals surface area contributed by atoms with Crippen molar-refractivity contribution in [3.63, 3.8) is 0 Å². The van der Waals surface area contributed by atoms with Crippen LogP contribution in [0.3, 0.4) is 0 Å². The van der Waals surface area contributed by atoms with Crippen molar-refractivity contribution in [1.82, 2.24) is 14.9 Å². The minimum atomic E-state index is -1.09. The SMILES string of the molecule is CC1CCC(N2CNC(=O)c3cnc4c(ccn4COCC[Si](C)(C)C)c32)CC1. The summed E-state index contributed by atoms with van der Waals surface area (Å²) in [5, 5.41) is 4.10. The molecular weight excluding hydrogens is 380 g/mol. The Hall–Kier alpha value is -1.86. The fourth-order valence-electron chi connectivity index (χ4n) is 4.44. The van der Waals surface area contributed by atoms with Crippen LogP contribution in [0.4, 0.5) is 5.69 Å². The van der Waals surface area contributed by atoms with Gasteiger partial charge in [0.1, 0.15) is 12.4 Å². The summed E-state index contributed by atoms with van der Waals surface area (Å²) in [4.78, 5) is 19.5. The second-order valence-corrected chi connectivity index (χ2v) is 15.6. The van der Waals surface area contributed by atoms with E-state index in [-0.39, 0.29) is 5.91 Å². The maximum Gasteiger partial charge on any atom is 0.256 e. The Kier molecular flexibility index (Phi) is 5.71. The lowest BCUT2D eigenvalue weighted by Gasteiger charge is -2.40. The van der Waals surface area contributed by atoms with Crippen molar-refractivity contribution < 1.29 is 9.53 Å². The number of nitrogens with one attached hydrogen (secondary N) is 1. The van der Waals surface area contributed by atoms with Gasteiger partial charge in [-0.3, -0.25) is 4.79 Å². The molecule has 158 valence electrons. The number of hydrogen-bond donors (Lipinski definition) is 1. The molecule has 1 amide bonds. The number of amides is 1. The van der Waals surface area contributed by atoms with Crippen molar-refractivity contribution in [2.45, 2.75) is 71.1 Å². The molecule has 0 bridgehead atoms. The maximum atomic E-state index is 12.5. The molecule has 1 N–H and O–H groups in total. The largest absolute Gasteiger partial charge is 0.361 e. The molecule has 0 spiro atoms. The van der Waals surface area contributed by atoms with Crippen LogP contribution in [0.2, 0.25) is 25.7 Å². The Morgan fingerprint density at radius 2 is 2.00 bits per heavy atom. The molecule has 2 aliphatic rings. The predicted molar refractivity (Wildman–Crippen MR) is 120 cm³/mol. The zero-order valence-corrected chi connectivity index (χ0v) is 19.2. The molecule has 0 unspecified atom stereocenters. The summed E-state index contributed by atoms with van der Waals surface area (Å²) in [6.07, 6.45) is 8.65. The number of nitrogens with zero attached hydrogens (tertiary/aromatic N) is 3. The lowest BCUT2D eigenvalue weighted by Crippen LogP contribution is -2.49. The molecular formula is C22H34N4O2Si. The van der Waals surface area contributed by atoms with Gasteiger partial charge in [0.2, 0.25) is 0 Å². The third-order valence-electron chi connectivity index (χ3n) is 6.35. The number of carbonyl (C=O) groups is 1. The first-order valence-corrected chi connectivity index (χ1v) is 14.6. The van der Waals surface area contributed by atoms with E-state index in [9.17, 15) is 4.79 Å².